The normalized spacial score (nSPS) is 10.9. The molecule has 0 radical (unpaired) electrons. The van der Waals surface area contributed by atoms with Crippen molar-refractivity contribution >= 4 is 0 Å². The van der Waals surface area contributed by atoms with Crippen molar-refractivity contribution in [3.63, 3.8) is 0 Å². The number of benzene rings is 1. The number of hydrogen-bond acceptors (Lipinski definition) is 5. The monoisotopic (exact) mass is 290 g/mol. The summed E-state index contributed by atoms with van der Waals surface area (Å²) < 4.78 is 16.6. The first-order valence-electron chi connectivity index (χ1n) is 7.26. The molecule has 114 valence electrons. The van der Waals surface area contributed by atoms with Gasteiger partial charge in [-0.25, -0.2) is 0 Å². The van der Waals surface area contributed by atoms with Gasteiger partial charge >= 0.3 is 6.08 Å². The number of hydrogen-bond donors (Lipinski definition) is 1. The van der Waals surface area contributed by atoms with Gasteiger partial charge in [-0.05, 0) is 18.6 Å². The summed E-state index contributed by atoms with van der Waals surface area (Å²) >= 11 is 0. The maximum Gasteiger partial charge on any atom is 0.399 e. The van der Waals surface area contributed by atoms with E-state index in [0.717, 1.165) is 12.1 Å². The highest BCUT2D eigenvalue weighted by atomic mass is 16.6. The molecule has 0 unspecified atom stereocenters. The quantitative estimate of drug-likeness (QED) is 0.802. The van der Waals surface area contributed by atoms with Crippen molar-refractivity contribution in [1.29, 1.82) is 0 Å². The van der Waals surface area contributed by atoms with E-state index in [4.69, 9.17) is 13.9 Å². The van der Waals surface area contributed by atoms with Crippen molar-refractivity contribution in [2.75, 3.05) is 6.61 Å². The van der Waals surface area contributed by atoms with Gasteiger partial charge < -0.3 is 19.2 Å². The maximum atomic E-state index is 5.66. The number of oxazole rings is 1. The molecule has 0 aliphatic heterocycles. The molecule has 2 aromatic rings. The lowest BCUT2D eigenvalue weighted by Crippen LogP contribution is -2.21. The molecule has 0 fully saturated rings. The zero-order chi connectivity index (χ0) is 15.1. The highest BCUT2D eigenvalue weighted by Crippen LogP contribution is 2.30. The fraction of sp³-hybridized carbons (Fsp3) is 0.438. The van der Waals surface area contributed by atoms with E-state index in [1.165, 1.54) is 0 Å². The maximum absolute atomic E-state index is 5.66. The fourth-order valence-corrected chi connectivity index (χ4v) is 1.68. The summed E-state index contributed by atoms with van der Waals surface area (Å²) in [5.74, 6) is 1.30. The second-order valence-corrected chi connectivity index (χ2v) is 5.04. The van der Waals surface area contributed by atoms with Crippen molar-refractivity contribution in [3.05, 3.63) is 36.2 Å². The van der Waals surface area contributed by atoms with E-state index >= 15 is 0 Å². The highest BCUT2D eigenvalue weighted by molar-refractivity contribution is 5.40. The van der Waals surface area contributed by atoms with E-state index < -0.39 is 0 Å². The molecule has 0 spiro atoms. The summed E-state index contributed by atoms with van der Waals surface area (Å²) in [5.41, 5.74) is 0.811. The number of aromatic nitrogens is 1. The summed E-state index contributed by atoms with van der Waals surface area (Å²) in [5, 5.41) is 3.28. The summed E-state index contributed by atoms with van der Waals surface area (Å²) in [6.45, 7) is 7.52. The van der Waals surface area contributed by atoms with Crippen LogP contribution in [-0.2, 0) is 6.54 Å². The number of nitrogens with one attached hydrogen (secondary N) is 1. The Kier molecular flexibility index (Phi) is 5.63. The Morgan fingerprint density at radius 2 is 2.00 bits per heavy atom. The van der Waals surface area contributed by atoms with Gasteiger partial charge in [-0.2, -0.15) is 4.98 Å². The van der Waals surface area contributed by atoms with Gasteiger partial charge in [0, 0.05) is 12.6 Å². The Balaban J connectivity index is 2.01. The molecule has 1 N–H and O–H groups in total. The molecule has 5 nitrogen and oxygen atoms in total. The predicted octanol–water partition coefficient (Wildman–Crippen LogP) is 3.75. The molecule has 2 rings (SSSR count). The molecular formula is C16H22N2O3. The molecule has 0 saturated carbocycles. The zero-order valence-corrected chi connectivity index (χ0v) is 12.8. The lowest BCUT2D eigenvalue weighted by Gasteiger charge is -2.09. The molecular weight excluding hydrogens is 268 g/mol. The van der Waals surface area contributed by atoms with Crippen molar-refractivity contribution in [2.45, 2.75) is 39.8 Å². The lowest BCUT2D eigenvalue weighted by molar-refractivity contribution is 0.280. The molecule has 1 heterocycles. The minimum absolute atomic E-state index is 0.225. The van der Waals surface area contributed by atoms with E-state index in [0.29, 0.717) is 30.7 Å². The van der Waals surface area contributed by atoms with Crippen LogP contribution in [-0.4, -0.2) is 17.6 Å². The second-order valence-electron chi connectivity index (χ2n) is 5.04. The van der Waals surface area contributed by atoms with E-state index in [-0.39, 0.29) is 6.08 Å². The van der Waals surface area contributed by atoms with Gasteiger partial charge in [0.25, 0.3) is 0 Å². The summed E-state index contributed by atoms with van der Waals surface area (Å²) in [6, 6.07) is 7.90. The van der Waals surface area contributed by atoms with E-state index in [9.17, 15) is 0 Å². The lowest BCUT2D eigenvalue weighted by atomic mass is 10.3. The minimum Gasteiger partial charge on any atom is -0.490 e. The first-order chi connectivity index (χ1) is 10.2. The molecule has 0 atom stereocenters. The third-order valence-electron chi connectivity index (χ3n) is 2.73. The molecule has 0 bridgehead atoms. The van der Waals surface area contributed by atoms with E-state index in [2.05, 4.69) is 31.1 Å². The van der Waals surface area contributed by atoms with Gasteiger partial charge in [0.2, 0.25) is 0 Å². The van der Waals surface area contributed by atoms with Crippen LogP contribution >= 0.6 is 0 Å². The Morgan fingerprint density at radius 1 is 1.24 bits per heavy atom. The molecule has 0 amide bonds. The van der Waals surface area contributed by atoms with Gasteiger partial charge in [0.05, 0.1) is 12.3 Å². The average Bonchev–Trinajstić information content (AvgIpc) is 2.92. The Morgan fingerprint density at radius 3 is 2.71 bits per heavy atom. The van der Waals surface area contributed by atoms with Gasteiger partial charge in [0.15, 0.2) is 11.5 Å². The van der Waals surface area contributed by atoms with Crippen molar-refractivity contribution in [2.24, 2.45) is 0 Å². The van der Waals surface area contributed by atoms with Gasteiger partial charge in [-0.1, -0.05) is 32.9 Å². The second kappa shape index (κ2) is 7.69. The first-order valence-corrected chi connectivity index (χ1v) is 7.26. The number of rotatable bonds is 8. The Bertz CT molecular complexity index is 552. The van der Waals surface area contributed by atoms with Gasteiger partial charge in [0.1, 0.15) is 6.26 Å². The number of para-hydroxylation sites is 2. The predicted molar refractivity (Wildman–Crippen MR) is 80.8 cm³/mol. The Labute approximate surface area is 125 Å². The van der Waals surface area contributed by atoms with Crippen molar-refractivity contribution in [3.8, 4) is 17.6 Å². The van der Waals surface area contributed by atoms with Gasteiger partial charge in [-0.15, -0.1) is 0 Å². The van der Waals surface area contributed by atoms with Crippen LogP contribution in [0.2, 0.25) is 0 Å². The Hall–Kier alpha value is -2.01. The van der Waals surface area contributed by atoms with Crippen LogP contribution in [0.15, 0.2) is 34.9 Å². The van der Waals surface area contributed by atoms with Crippen LogP contribution < -0.4 is 14.8 Å². The minimum atomic E-state index is 0.225. The zero-order valence-electron chi connectivity index (χ0n) is 12.8. The van der Waals surface area contributed by atoms with Crippen LogP contribution in [0.1, 0.15) is 32.9 Å². The molecule has 5 heteroatoms. The van der Waals surface area contributed by atoms with Crippen LogP contribution in [0, 0.1) is 0 Å². The standard InChI is InChI=1S/C16H22N2O3/c1-4-9-19-14-7-5-6-8-15(14)21-16-18-13(11-20-16)10-17-12(2)3/h5-8,11-12,17H,4,9-10H2,1-3H3. The largest absolute Gasteiger partial charge is 0.490 e. The van der Waals surface area contributed by atoms with Crippen LogP contribution in [0.3, 0.4) is 0 Å². The first kappa shape index (κ1) is 15.4. The fourth-order valence-electron chi connectivity index (χ4n) is 1.68. The smallest absolute Gasteiger partial charge is 0.399 e. The SMILES string of the molecule is CCCOc1ccccc1Oc1nc(CNC(C)C)co1. The van der Waals surface area contributed by atoms with Crippen LogP contribution in [0.5, 0.6) is 17.6 Å². The summed E-state index contributed by atoms with van der Waals surface area (Å²) in [6.07, 6.45) is 2.77. The van der Waals surface area contributed by atoms with Gasteiger partial charge in [-0.3, -0.25) is 0 Å². The van der Waals surface area contributed by atoms with E-state index in [1.807, 2.05) is 24.3 Å². The number of nitrogens with zero attached hydrogens (tertiary/aromatic N) is 1. The van der Waals surface area contributed by atoms with Crippen LogP contribution in [0.4, 0.5) is 0 Å². The van der Waals surface area contributed by atoms with Crippen molar-refractivity contribution in [1.82, 2.24) is 10.3 Å². The van der Waals surface area contributed by atoms with Crippen molar-refractivity contribution < 1.29 is 13.9 Å². The average molecular weight is 290 g/mol. The summed E-state index contributed by atoms with van der Waals surface area (Å²) in [7, 11) is 0. The third-order valence-corrected chi connectivity index (χ3v) is 2.73. The summed E-state index contributed by atoms with van der Waals surface area (Å²) in [4.78, 5) is 4.29. The number of ether oxygens (including phenoxy) is 2. The third kappa shape index (κ3) is 4.79. The molecule has 21 heavy (non-hydrogen) atoms. The topological polar surface area (TPSA) is 56.5 Å². The molecule has 1 aromatic carbocycles. The molecule has 1 aromatic heterocycles. The molecule has 0 saturated heterocycles. The van der Waals surface area contributed by atoms with Crippen LogP contribution in [0.25, 0.3) is 0 Å². The highest BCUT2D eigenvalue weighted by Gasteiger charge is 2.10. The molecule has 0 aliphatic carbocycles. The molecule has 0 aliphatic rings. The van der Waals surface area contributed by atoms with E-state index in [1.54, 1.807) is 6.26 Å².